The number of phenols is 1. The number of anilines is 1. The molecule has 1 heterocycles. The van der Waals surface area contributed by atoms with E-state index in [4.69, 9.17) is 10.5 Å². The maximum Gasteiger partial charge on any atom is 0.337 e. The standard InChI is InChI=1S/C21H14N4O3S/c1-28-21(27)13-3-2-4-15(9-13)29-20-17(11-23)18(16(10-22)19(24)25-20)12-5-7-14(26)8-6-12/h2-9,26H,1H3,(H2,24,25). The zero-order chi connectivity index (χ0) is 21.0. The molecule has 0 radical (unpaired) electrons. The third-order valence-electron chi connectivity index (χ3n) is 4.04. The molecule has 3 aromatic rings. The number of ether oxygens (including phenoxy) is 1. The maximum atomic E-state index is 11.8. The topological polar surface area (TPSA) is 133 Å². The van der Waals surface area contributed by atoms with Gasteiger partial charge >= 0.3 is 5.97 Å². The van der Waals surface area contributed by atoms with Gasteiger partial charge in [-0.3, -0.25) is 0 Å². The molecule has 142 valence electrons. The van der Waals surface area contributed by atoms with E-state index in [1.54, 1.807) is 36.4 Å². The van der Waals surface area contributed by atoms with Crippen LogP contribution in [0.3, 0.4) is 0 Å². The number of nitriles is 2. The average molecular weight is 402 g/mol. The molecule has 0 bridgehead atoms. The summed E-state index contributed by atoms with van der Waals surface area (Å²) in [4.78, 5) is 16.7. The SMILES string of the molecule is COC(=O)c1cccc(Sc2nc(N)c(C#N)c(-c3ccc(O)cc3)c2C#N)c1. The molecule has 8 heteroatoms. The summed E-state index contributed by atoms with van der Waals surface area (Å²) < 4.78 is 4.73. The van der Waals surface area contributed by atoms with Gasteiger partial charge < -0.3 is 15.6 Å². The number of phenolic OH excluding ortho intramolecular Hbond substituents is 1. The summed E-state index contributed by atoms with van der Waals surface area (Å²) in [5.41, 5.74) is 7.51. The fourth-order valence-corrected chi connectivity index (χ4v) is 3.65. The Balaban J connectivity index is 2.16. The Morgan fingerprint density at radius 3 is 2.45 bits per heavy atom. The van der Waals surface area contributed by atoms with Crippen molar-refractivity contribution in [3.8, 4) is 29.0 Å². The lowest BCUT2D eigenvalue weighted by Crippen LogP contribution is -2.03. The van der Waals surface area contributed by atoms with Gasteiger partial charge in [0, 0.05) is 10.5 Å². The molecule has 29 heavy (non-hydrogen) atoms. The van der Waals surface area contributed by atoms with Crippen molar-refractivity contribution < 1.29 is 14.6 Å². The van der Waals surface area contributed by atoms with Crippen molar-refractivity contribution in [1.29, 1.82) is 10.5 Å². The highest BCUT2D eigenvalue weighted by Gasteiger charge is 2.21. The number of rotatable bonds is 4. The van der Waals surface area contributed by atoms with Gasteiger partial charge in [0.05, 0.1) is 18.2 Å². The smallest absolute Gasteiger partial charge is 0.337 e. The van der Waals surface area contributed by atoms with E-state index >= 15 is 0 Å². The van der Waals surface area contributed by atoms with E-state index < -0.39 is 5.97 Å². The molecule has 1 aromatic heterocycles. The van der Waals surface area contributed by atoms with Gasteiger partial charge in [-0.05, 0) is 35.9 Å². The lowest BCUT2D eigenvalue weighted by molar-refractivity contribution is 0.0600. The van der Waals surface area contributed by atoms with Crippen LogP contribution in [-0.2, 0) is 4.74 Å². The third-order valence-corrected chi connectivity index (χ3v) is 5.02. The number of hydrogen-bond donors (Lipinski definition) is 2. The van der Waals surface area contributed by atoms with Crippen LogP contribution in [0.15, 0.2) is 58.5 Å². The van der Waals surface area contributed by atoms with Gasteiger partial charge in [-0.25, -0.2) is 9.78 Å². The van der Waals surface area contributed by atoms with Crippen LogP contribution in [0.4, 0.5) is 5.82 Å². The van der Waals surface area contributed by atoms with Gasteiger partial charge in [0.15, 0.2) is 0 Å². The van der Waals surface area contributed by atoms with Gasteiger partial charge in [0.1, 0.15) is 34.3 Å². The molecular formula is C21H14N4O3S. The number of carbonyl (C=O) groups excluding carboxylic acids is 1. The van der Waals surface area contributed by atoms with E-state index in [-0.39, 0.29) is 22.7 Å². The van der Waals surface area contributed by atoms with Gasteiger partial charge in [-0.15, -0.1) is 0 Å². The predicted octanol–water partition coefficient (Wildman–Crippen LogP) is 3.72. The molecule has 3 N–H and O–H groups in total. The number of methoxy groups -OCH3 is 1. The fourth-order valence-electron chi connectivity index (χ4n) is 2.70. The van der Waals surface area contributed by atoms with Crippen molar-refractivity contribution in [2.24, 2.45) is 0 Å². The van der Waals surface area contributed by atoms with Crippen LogP contribution < -0.4 is 5.73 Å². The molecule has 2 aromatic carbocycles. The van der Waals surface area contributed by atoms with Crippen LogP contribution in [0, 0.1) is 22.7 Å². The van der Waals surface area contributed by atoms with Crippen molar-refractivity contribution in [3.63, 3.8) is 0 Å². The first-order valence-corrected chi connectivity index (χ1v) is 9.09. The maximum absolute atomic E-state index is 11.8. The second kappa shape index (κ2) is 8.34. The second-order valence-electron chi connectivity index (χ2n) is 5.82. The van der Waals surface area contributed by atoms with Gasteiger partial charge in [-0.1, -0.05) is 30.0 Å². The Morgan fingerprint density at radius 2 is 1.83 bits per heavy atom. The zero-order valence-corrected chi connectivity index (χ0v) is 16.0. The second-order valence-corrected chi connectivity index (χ2v) is 6.88. The monoisotopic (exact) mass is 402 g/mol. The van der Waals surface area contributed by atoms with Crippen molar-refractivity contribution in [3.05, 3.63) is 65.2 Å². The Morgan fingerprint density at radius 1 is 1.14 bits per heavy atom. The van der Waals surface area contributed by atoms with Gasteiger partial charge in [-0.2, -0.15) is 10.5 Å². The first-order chi connectivity index (χ1) is 14.0. The van der Waals surface area contributed by atoms with Crippen molar-refractivity contribution in [2.45, 2.75) is 9.92 Å². The average Bonchev–Trinajstić information content (AvgIpc) is 2.73. The summed E-state index contributed by atoms with van der Waals surface area (Å²) in [5.74, 6) is -0.437. The largest absolute Gasteiger partial charge is 0.508 e. The number of carbonyl (C=O) groups is 1. The lowest BCUT2D eigenvalue weighted by Gasteiger charge is -2.13. The Kier molecular flexibility index (Phi) is 5.68. The van der Waals surface area contributed by atoms with E-state index in [2.05, 4.69) is 11.1 Å². The van der Waals surface area contributed by atoms with E-state index in [0.717, 1.165) is 11.8 Å². The quantitative estimate of drug-likeness (QED) is 0.631. The summed E-state index contributed by atoms with van der Waals surface area (Å²) in [6, 6.07) is 16.9. The number of nitrogen functional groups attached to an aromatic ring is 1. The molecule has 3 rings (SSSR count). The summed E-state index contributed by atoms with van der Waals surface area (Å²) in [6.07, 6.45) is 0. The Hall–Kier alpha value is -4.01. The van der Waals surface area contributed by atoms with E-state index in [0.29, 0.717) is 26.6 Å². The minimum atomic E-state index is -0.481. The molecule has 0 fully saturated rings. The number of pyridine rings is 1. The fraction of sp³-hybridized carbons (Fsp3) is 0.0476. The number of benzene rings is 2. The number of nitrogens with two attached hydrogens (primary N) is 1. The molecule has 0 aliphatic rings. The minimum absolute atomic E-state index is 0.0128. The Labute approximate surface area is 171 Å². The van der Waals surface area contributed by atoms with Crippen LogP contribution in [-0.4, -0.2) is 23.2 Å². The summed E-state index contributed by atoms with van der Waals surface area (Å²) in [7, 11) is 1.29. The first kappa shape index (κ1) is 19.7. The molecule has 0 aliphatic carbocycles. The first-order valence-electron chi connectivity index (χ1n) is 8.27. The van der Waals surface area contributed by atoms with Gasteiger partial charge in [0.25, 0.3) is 0 Å². The van der Waals surface area contributed by atoms with Crippen molar-refractivity contribution >= 4 is 23.5 Å². The highest BCUT2D eigenvalue weighted by atomic mass is 32.2. The van der Waals surface area contributed by atoms with Crippen LogP contribution in [0.1, 0.15) is 21.5 Å². The molecule has 0 spiro atoms. The van der Waals surface area contributed by atoms with E-state index in [1.165, 1.54) is 19.2 Å². The summed E-state index contributed by atoms with van der Waals surface area (Å²) >= 11 is 1.15. The predicted molar refractivity (Wildman–Crippen MR) is 107 cm³/mol. The highest BCUT2D eigenvalue weighted by molar-refractivity contribution is 7.99. The zero-order valence-electron chi connectivity index (χ0n) is 15.2. The summed E-state index contributed by atoms with van der Waals surface area (Å²) in [5, 5.41) is 29.2. The molecule has 0 amide bonds. The molecule has 0 unspecified atom stereocenters. The van der Waals surface area contributed by atoms with E-state index in [9.17, 15) is 20.4 Å². The Bertz CT molecular complexity index is 1180. The normalized spacial score (nSPS) is 10.0. The minimum Gasteiger partial charge on any atom is -0.508 e. The number of hydrogen-bond acceptors (Lipinski definition) is 8. The van der Waals surface area contributed by atoms with Crippen LogP contribution >= 0.6 is 11.8 Å². The van der Waals surface area contributed by atoms with Gasteiger partial charge in [0.2, 0.25) is 0 Å². The van der Waals surface area contributed by atoms with Crippen LogP contribution in [0.2, 0.25) is 0 Å². The number of nitrogens with zero attached hydrogens (tertiary/aromatic N) is 3. The van der Waals surface area contributed by atoms with Crippen molar-refractivity contribution in [1.82, 2.24) is 4.98 Å². The number of aromatic hydroxyl groups is 1. The third kappa shape index (κ3) is 3.98. The molecular weight excluding hydrogens is 388 g/mol. The lowest BCUT2D eigenvalue weighted by atomic mass is 9.97. The number of esters is 1. The van der Waals surface area contributed by atoms with Crippen molar-refractivity contribution in [2.75, 3.05) is 12.8 Å². The molecule has 0 atom stereocenters. The van der Waals surface area contributed by atoms with Crippen LogP contribution in [0.25, 0.3) is 11.1 Å². The molecule has 0 saturated heterocycles. The van der Waals surface area contributed by atoms with Crippen LogP contribution in [0.5, 0.6) is 5.75 Å². The highest BCUT2D eigenvalue weighted by Crippen LogP contribution is 2.38. The molecule has 7 nitrogen and oxygen atoms in total. The van der Waals surface area contributed by atoms with E-state index in [1.807, 2.05) is 6.07 Å². The summed E-state index contributed by atoms with van der Waals surface area (Å²) in [6.45, 7) is 0. The molecule has 0 saturated carbocycles. The number of aromatic nitrogens is 1. The molecule has 0 aliphatic heterocycles.